The highest BCUT2D eigenvalue weighted by Crippen LogP contribution is 2.38. The SMILES string of the molecule is COc1cc(CN2CCc3nc(N4CCN(C)CC4)[nH]c(=O)c3CC2)cc(OC)c1OC. The van der Waals surface area contributed by atoms with Gasteiger partial charge in [0.15, 0.2) is 11.5 Å². The van der Waals surface area contributed by atoms with Crippen molar-refractivity contribution >= 4 is 5.95 Å². The summed E-state index contributed by atoms with van der Waals surface area (Å²) in [6.07, 6.45) is 1.44. The molecular weight excluding hydrogens is 410 g/mol. The first kappa shape index (κ1) is 22.4. The lowest BCUT2D eigenvalue weighted by Gasteiger charge is -2.32. The molecule has 0 unspecified atom stereocenters. The van der Waals surface area contributed by atoms with Crippen LogP contribution >= 0.6 is 0 Å². The Morgan fingerprint density at radius 3 is 2.22 bits per heavy atom. The molecular formula is C23H33N5O4. The van der Waals surface area contributed by atoms with Crippen LogP contribution in [0.25, 0.3) is 0 Å². The number of hydrogen-bond donors (Lipinski definition) is 1. The van der Waals surface area contributed by atoms with Gasteiger partial charge in [0.1, 0.15) is 0 Å². The van der Waals surface area contributed by atoms with Crippen LogP contribution in [0.2, 0.25) is 0 Å². The van der Waals surface area contributed by atoms with Crippen molar-refractivity contribution in [3.63, 3.8) is 0 Å². The number of likely N-dealkylation sites (N-methyl/N-ethyl adjacent to an activating group) is 1. The number of fused-ring (bicyclic) bond motifs is 1. The monoisotopic (exact) mass is 443 g/mol. The second-order valence-electron chi connectivity index (χ2n) is 8.41. The van der Waals surface area contributed by atoms with E-state index in [-0.39, 0.29) is 5.56 Å². The molecule has 0 spiro atoms. The van der Waals surface area contributed by atoms with Gasteiger partial charge in [-0.05, 0) is 31.2 Å². The van der Waals surface area contributed by atoms with Gasteiger partial charge in [-0.2, -0.15) is 0 Å². The maximum Gasteiger partial charge on any atom is 0.255 e. The third-order valence-electron chi connectivity index (χ3n) is 6.37. The van der Waals surface area contributed by atoms with Crippen molar-refractivity contribution in [3.8, 4) is 17.2 Å². The molecule has 174 valence electrons. The number of aromatic amines is 1. The van der Waals surface area contributed by atoms with E-state index in [9.17, 15) is 4.79 Å². The lowest BCUT2D eigenvalue weighted by atomic mass is 10.1. The van der Waals surface area contributed by atoms with E-state index in [2.05, 4.69) is 26.7 Å². The molecule has 32 heavy (non-hydrogen) atoms. The van der Waals surface area contributed by atoms with Crippen LogP contribution in [0.3, 0.4) is 0 Å². The normalized spacial score (nSPS) is 17.6. The summed E-state index contributed by atoms with van der Waals surface area (Å²) < 4.78 is 16.4. The van der Waals surface area contributed by atoms with Crippen LogP contribution in [-0.4, -0.2) is 87.4 Å². The standard InChI is InChI=1S/C23H33N5O4/c1-26-9-11-28(12-10-26)23-24-18-6-8-27(7-5-17(18)22(29)25-23)15-16-13-19(30-2)21(32-4)20(14-16)31-3/h13-14H,5-12,15H2,1-4H3,(H,24,25,29). The Balaban J connectivity index is 1.50. The maximum atomic E-state index is 12.8. The molecule has 9 heteroatoms. The molecule has 1 fully saturated rings. The number of benzene rings is 1. The summed E-state index contributed by atoms with van der Waals surface area (Å²) in [6, 6.07) is 3.96. The van der Waals surface area contributed by atoms with Crippen LogP contribution in [0.1, 0.15) is 16.8 Å². The van der Waals surface area contributed by atoms with Gasteiger partial charge in [-0.15, -0.1) is 0 Å². The topological polar surface area (TPSA) is 83.2 Å². The number of anilines is 1. The predicted octanol–water partition coefficient (Wildman–Crippen LogP) is 1.15. The van der Waals surface area contributed by atoms with Crippen molar-refractivity contribution in [2.45, 2.75) is 19.4 Å². The fraction of sp³-hybridized carbons (Fsp3) is 0.565. The summed E-state index contributed by atoms with van der Waals surface area (Å²) in [6.45, 7) is 6.07. The van der Waals surface area contributed by atoms with Crippen molar-refractivity contribution in [2.24, 2.45) is 0 Å². The fourth-order valence-electron chi connectivity index (χ4n) is 4.45. The highest BCUT2D eigenvalue weighted by atomic mass is 16.5. The predicted molar refractivity (Wildman–Crippen MR) is 123 cm³/mol. The minimum atomic E-state index is -0.00133. The molecule has 0 amide bonds. The van der Waals surface area contributed by atoms with E-state index in [1.54, 1.807) is 21.3 Å². The van der Waals surface area contributed by atoms with E-state index >= 15 is 0 Å². The summed E-state index contributed by atoms with van der Waals surface area (Å²) in [4.78, 5) is 27.6. The number of nitrogens with one attached hydrogen (secondary N) is 1. The van der Waals surface area contributed by atoms with Gasteiger partial charge < -0.3 is 24.0 Å². The number of hydrogen-bond acceptors (Lipinski definition) is 8. The number of aromatic nitrogens is 2. The van der Waals surface area contributed by atoms with E-state index in [1.165, 1.54) is 0 Å². The Labute approximate surface area is 188 Å². The third kappa shape index (κ3) is 4.68. The zero-order chi connectivity index (χ0) is 22.7. The van der Waals surface area contributed by atoms with Gasteiger partial charge in [0, 0.05) is 57.8 Å². The van der Waals surface area contributed by atoms with E-state index in [0.29, 0.717) is 29.6 Å². The lowest BCUT2D eigenvalue weighted by Crippen LogP contribution is -2.45. The third-order valence-corrected chi connectivity index (χ3v) is 6.37. The van der Waals surface area contributed by atoms with E-state index in [4.69, 9.17) is 19.2 Å². The van der Waals surface area contributed by atoms with Crippen molar-refractivity contribution in [2.75, 3.05) is 72.5 Å². The number of methoxy groups -OCH3 is 3. The first-order valence-electron chi connectivity index (χ1n) is 11.1. The van der Waals surface area contributed by atoms with Crippen molar-refractivity contribution < 1.29 is 14.2 Å². The largest absolute Gasteiger partial charge is 0.493 e. The van der Waals surface area contributed by atoms with Crippen LogP contribution < -0.4 is 24.7 Å². The van der Waals surface area contributed by atoms with Gasteiger partial charge in [0.05, 0.1) is 27.0 Å². The Morgan fingerprint density at radius 2 is 1.59 bits per heavy atom. The summed E-state index contributed by atoms with van der Waals surface area (Å²) in [5.41, 5.74) is 2.81. The smallest absolute Gasteiger partial charge is 0.255 e. The second kappa shape index (κ2) is 9.79. The Morgan fingerprint density at radius 1 is 0.938 bits per heavy atom. The summed E-state index contributed by atoms with van der Waals surface area (Å²) in [5.74, 6) is 2.60. The average Bonchev–Trinajstić information content (AvgIpc) is 3.01. The van der Waals surface area contributed by atoms with Gasteiger partial charge in [0.2, 0.25) is 11.7 Å². The number of H-pyrrole nitrogens is 1. The molecule has 9 nitrogen and oxygen atoms in total. The van der Waals surface area contributed by atoms with E-state index in [1.807, 2.05) is 12.1 Å². The van der Waals surface area contributed by atoms with Crippen LogP contribution in [0.4, 0.5) is 5.95 Å². The first-order chi connectivity index (χ1) is 15.5. The second-order valence-corrected chi connectivity index (χ2v) is 8.41. The van der Waals surface area contributed by atoms with Crippen LogP contribution in [0.15, 0.2) is 16.9 Å². The van der Waals surface area contributed by atoms with Gasteiger partial charge in [0.25, 0.3) is 5.56 Å². The number of piperazine rings is 1. The number of ether oxygens (including phenoxy) is 3. The molecule has 2 aliphatic rings. The van der Waals surface area contributed by atoms with Crippen LogP contribution in [0.5, 0.6) is 17.2 Å². The Hall–Kier alpha value is -2.78. The minimum Gasteiger partial charge on any atom is -0.493 e. The summed E-state index contributed by atoms with van der Waals surface area (Å²) >= 11 is 0. The molecule has 2 aliphatic heterocycles. The molecule has 0 atom stereocenters. The molecule has 0 aliphatic carbocycles. The highest BCUT2D eigenvalue weighted by molar-refractivity contribution is 5.53. The minimum absolute atomic E-state index is 0.00133. The van der Waals surface area contributed by atoms with Crippen molar-refractivity contribution in [1.82, 2.24) is 19.8 Å². The molecule has 1 N–H and O–H groups in total. The van der Waals surface area contributed by atoms with Crippen LogP contribution in [0, 0.1) is 0 Å². The lowest BCUT2D eigenvalue weighted by molar-refractivity contribution is 0.276. The van der Waals surface area contributed by atoms with E-state index < -0.39 is 0 Å². The zero-order valence-corrected chi connectivity index (χ0v) is 19.4. The van der Waals surface area contributed by atoms with Gasteiger partial charge in [-0.25, -0.2) is 4.98 Å². The van der Waals surface area contributed by atoms with Gasteiger partial charge >= 0.3 is 0 Å². The molecule has 4 rings (SSSR count). The molecule has 1 aromatic carbocycles. The first-order valence-corrected chi connectivity index (χ1v) is 11.1. The molecule has 0 bridgehead atoms. The quantitative estimate of drug-likeness (QED) is 0.712. The number of nitrogens with zero attached hydrogens (tertiary/aromatic N) is 4. The van der Waals surface area contributed by atoms with Gasteiger partial charge in [-0.1, -0.05) is 0 Å². The van der Waals surface area contributed by atoms with Gasteiger partial charge in [-0.3, -0.25) is 14.7 Å². The Bertz CT molecular complexity index is 975. The van der Waals surface area contributed by atoms with Crippen molar-refractivity contribution in [3.05, 3.63) is 39.3 Å². The molecule has 1 saturated heterocycles. The maximum absolute atomic E-state index is 12.8. The highest BCUT2D eigenvalue weighted by Gasteiger charge is 2.23. The zero-order valence-electron chi connectivity index (χ0n) is 19.4. The van der Waals surface area contributed by atoms with E-state index in [0.717, 1.165) is 69.1 Å². The molecule has 1 aromatic heterocycles. The fourth-order valence-corrected chi connectivity index (χ4v) is 4.45. The molecule has 2 aromatic rings. The summed E-state index contributed by atoms with van der Waals surface area (Å²) in [5, 5.41) is 0. The average molecular weight is 444 g/mol. The Kier molecular flexibility index (Phi) is 6.86. The molecule has 0 radical (unpaired) electrons. The molecule has 3 heterocycles. The molecule has 0 saturated carbocycles. The van der Waals surface area contributed by atoms with Crippen molar-refractivity contribution in [1.29, 1.82) is 0 Å². The summed E-state index contributed by atoms with van der Waals surface area (Å²) in [7, 11) is 6.97. The number of rotatable bonds is 6. The van der Waals surface area contributed by atoms with Crippen LogP contribution in [-0.2, 0) is 19.4 Å².